The fourth-order valence-corrected chi connectivity index (χ4v) is 3.11. The van der Waals surface area contributed by atoms with Gasteiger partial charge in [0.15, 0.2) is 0 Å². The standard InChI is InChI=1S/C7H17O6PS.Na.H/c1-2-3-4-5-6-7-15(11,12)13-14(8,9)10;;/h2-7H2,1H3,(H2,8,9,10);;/q;+1;-1. The van der Waals surface area contributed by atoms with Gasteiger partial charge in [-0.05, 0) is 6.42 Å². The van der Waals surface area contributed by atoms with Crippen molar-refractivity contribution in [1.82, 2.24) is 0 Å². The van der Waals surface area contributed by atoms with E-state index >= 15 is 0 Å². The molecule has 16 heavy (non-hydrogen) atoms. The van der Waals surface area contributed by atoms with E-state index in [2.05, 4.69) is 3.97 Å². The molecule has 0 fully saturated rings. The largest absolute Gasteiger partial charge is 1.00 e. The summed E-state index contributed by atoms with van der Waals surface area (Å²) >= 11 is 0. The van der Waals surface area contributed by atoms with Gasteiger partial charge in [0.1, 0.15) is 0 Å². The smallest absolute Gasteiger partial charge is 1.00 e. The van der Waals surface area contributed by atoms with Gasteiger partial charge in [-0.1, -0.05) is 32.6 Å². The zero-order chi connectivity index (χ0) is 11.9. The van der Waals surface area contributed by atoms with Crippen molar-refractivity contribution >= 4 is 17.9 Å². The first-order chi connectivity index (χ1) is 6.77. The van der Waals surface area contributed by atoms with Crippen LogP contribution in [-0.4, -0.2) is 24.0 Å². The fourth-order valence-electron chi connectivity index (χ4n) is 1.07. The van der Waals surface area contributed by atoms with Crippen molar-refractivity contribution in [3.63, 3.8) is 0 Å². The third kappa shape index (κ3) is 13.1. The molecule has 94 valence electrons. The Balaban J connectivity index is -0.000000980. The molecule has 0 aliphatic carbocycles. The number of hydrogen-bond acceptors (Lipinski definition) is 4. The second-order valence-electron chi connectivity index (χ2n) is 3.24. The summed E-state index contributed by atoms with van der Waals surface area (Å²) in [6.07, 6.45) is 4.08. The molecule has 0 aromatic carbocycles. The van der Waals surface area contributed by atoms with Gasteiger partial charge in [-0.15, -0.1) is 0 Å². The van der Waals surface area contributed by atoms with Crippen LogP contribution in [0.25, 0.3) is 0 Å². The summed E-state index contributed by atoms with van der Waals surface area (Å²) in [5.74, 6) is -0.345. The molecule has 0 heterocycles. The number of phosphoric acid groups is 1. The van der Waals surface area contributed by atoms with Crippen LogP contribution in [0, 0.1) is 0 Å². The maximum Gasteiger partial charge on any atom is 1.00 e. The molecule has 0 radical (unpaired) electrons. The van der Waals surface area contributed by atoms with Gasteiger partial charge in [0.2, 0.25) is 0 Å². The molecular formula is C7H18NaO6PS. The normalized spacial score (nSPS) is 12.2. The van der Waals surface area contributed by atoms with Crippen LogP contribution in [0.1, 0.15) is 40.5 Å². The van der Waals surface area contributed by atoms with Crippen LogP contribution in [0.15, 0.2) is 0 Å². The van der Waals surface area contributed by atoms with Crippen molar-refractivity contribution < 1.29 is 57.7 Å². The van der Waals surface area contributed by atoms with Crippen molar-refractivity contribution in [2.75, 3.05) is 5.75 Å². The summed E-state index contributed by atoms with van der Waals surface area (Å²) in [7, 11) is -9.03. The van der Waals surface area contributed by atoms with Crippen LogP contribution in [-0.2, 0) is 18.7 Å². The quantitative estimate of drug-likeness (QED) is 0.320. The Bertz CT molecular complexity index is 316. The summed E-state index contributed by atoms with van der Waals surface area (Å²) in [6, 6.07) is 0. The van der Waals surface area contributed by atoms with E-state index in [0.29, 0.717) is 6.42 Å². The molecule has 0 aromatic heterocycles. The van der Waals surface area contributed by atoms with Crippen LogP contribution >= 0.6 is 7.82 Å². The minimum atomic E-state index is -4.94. The van der Waals surface area contributed by atoms with Crippen molar-refractivity contribution in [2.45, 2.75) is 39.0 Å². The zero-order valence-corrected chi connectivity index (χ0v) is 13.3. The van der Waals surface area contributed by atoms with Crippen LogP contribution in [0.5, 0.6) is 0 Å². The molecule has 0 rings (SSSR count). The molecule has 0 bridgehead atoms. The summed E-state index contributed by atoms with van der Waals surface area (Å²) < 4.78 is 35.9. The maximum atomic E-state index is 11.0. The van der Waals surface area contributed by atoms with E-state index < -0.39 is 17.9 Å². The second kappa shape index (κ2) is 9.05. The monoisotopic (exact) mass is 284 g/mol. The Kier molecular flexibility index (Phi) is 11.0. The zero-order valence-electron chi connectivity index (χ0n) is 10.6. The predicted octanol–water partition coefficient (Wildman–Crippen LogP) is -1.49. The van der Waals surface area contributed by atoms with Crippen LogP contribution in [0.4, 0.5) is 0 Å². The molecule has 0 aliphatic heterocycles. The van der Waals surface area contributed by atoms with E-state index in [1.807, 2.05) is 6.92 Å². The molecule has 0 aromatic rings. The Labute approximate surface area is 120 Å². The van der Waals surface area contributed by atoms with Gasteiger partial charge >= 0.3 is 37.4 Å². The van der Waals surface area contributed by atoms with Gasteiger partial charge in [-0.25, -0.2) is 4.57 Å². The molecule has 0 saturated heterocycles. The minimum Gasteiger partial charge on any atom is -1.00 e. The number of unbranched alkanes of at least 4 members (excludes halogenated alkanes) is 4. The van der Waals surface area contributed by atoms with E-state index in [-0.39, 0.29) is 36.7 Å². The Morgan fingerprint density at radius 2 is 1.69 bits per heavy atom. The van der Waals surface area contributed by atoms with Gasteiger partial charge in [0, 0.05) is 0 Å². The fraction of sp³-hybridized carbons (Fsp3) is 1.00. The predicted molar refractivity (Wildman–Crippen MR) is 56.8 cm³/mol. The van der Waals surface area contributed by atoms with E-state index in [9.17, 15) is 13.0 Å². The first kappa shape index (κ1) is 19.4. The van der Waals surface area contributed by atoms with E-state index in [1.165, 1.54) is 0 Å². The SMILES string of the molecule is CCCCCCCS(=O)(=O)OP(=O)(O)O.[H-].[Na+]. The van der Waals surface area contributed by atoms with Crippen LogP contribution in [0.2, 0.25) is 0 Å². The third-order valence-corrected chi connectivity index (χ3v) is 4.18. The molecule has 0 spiro atoms. The van der Waals surface area contributed by atoms with Crippen molar-refractivity contribution in [2.24, 2.45) is 0 Å². The molecule has 6 nitrogen and oxygen atoms in total. The van der Waals surface area contributed by atoms with E-state index in [4.69, 9.17) is 9.79 Å². The van der Waals surface area contributed by atoms with Gasteiger partial charge in [0.05, 0.1) is 5.75 Å². The minimum absolute atomic E-state index is 0. The molecule has 9 heteroatoms. The molecular weight excluding hydrogens is 266 g/mol. The third-order valence-electron chi connectivity index (χ3n) is 1.71. The van der Waals surface area contributed by atoms with E-state index in [1.54, 1.807) is 0 Å². The van der Waals surface area contributed by atoms with Gasteiger partial charge < -0.3 is 11.2 Å². The average molecular weight is 284 g/mol. The summed E-state index contributed by atoms with van der Waals surface area (Å²) in [4.78, 5) is 16.6. The van der Waals surface area contributed by atoms with Crippen molar-refractivity contribution in [3.8, 4) is 0 Å². The number of rotatable bonds is 8. The first-order valence-corrected chi connectivity index (χ1v) is 7.87. The summed E-state index contributed by atoms with van der Waals surface area (Å²) in [6.45, 7) is 2.04. The first-order valence-electron chi connectivity index (χ1n) is 4.76. The van der Waals surface area contributed by atoms with Crippen molar-refractivity contribution in [3.05, 3.63) is 0 Å². The van der Waals surface area contributed by atoms with Gasteiger partial charge in [0.25, 0.3) is 10.1 Å². The molecule has 0 amide bonds. The number of hydrogen-bond donors (Lipinski definition) is 2. The molecule has 0 saturated carbocycles. The average Bonchev–Trinajstić information content (AvgIpc) is 1.99. The van der Waals surface area contributed by atoms with Crippen LogP contribution < -0.4 is 29.6 Å². The molecule has 0 unspecified atom stereocenters. The van der Waals surface area contributed by atoms with E-state index in [0.717, 1.165) is 25.7 Å². The maximum absolute atomic E-state index is 11.0. The Morgan fingerprint density at radius 1 is 1.19 bits per heavy atom. The van der Waals surface area contributed by atoms with Gasteiger partial charge in [-0.2, -0.15) is 12.4 Å². The topological polar surface area (TPSA) is 101 Å². The molecule has 0 aliphatic rings. The summed E-state index contributed by atoms with van der Waals surface area (Å²) in [5, 5.41) is 0. The van der Waals surface area contributed by atoms with Gasteiger partial charge in [-0.3, -0.25) is 0 Å². The van der Waals surface area contributed by atoms with Crippen LogP contribution in [0.3, 0.4) is 0 Å². The Hall–Kier alpha value is 1.06. The van der Waals surface area contributed by atoms with Crippen molar-refractivity contribution in [1.29, 1.82) is 0 Å². The summed E-state index contributed by atoms with van der Waals surface area (Å²) in [5.41, 5.74) is 0. The molecule has 2 N–H and O–H groups in total. The molecule has 0 atom stereocenters. The second-order valence-corrected chi connectivity index (χ2v) is 6.34. The Morgan fingerprint density at radius 3 is 2.12 bits per heavy atom.